The van der Waals surface area contributed by atoms with Crippen molar-refractivity contribution in [2.75, 3.05) is 12.3 Å². The van der Waals surface area contributed by atoms with Crippen LogP contribution in [0.4, 0.5) is 0 Å². The number of ether oxygens (including phenoxy) is 1. The molecule has 2 saturated heterocycles. The highest BCUT2D eigenvalue weighted by Crippen LogP contribution is 2.47. The number of halogens is 1. The van der Waals surface area contributed by atoms with Crippen molar-refractivity contribution in [2.24, 2.45) is 0 Å². The van der Waals surface area contributed by atoms with Gasteiger partial charge in [0.15, 0.2) is 6.10 Å². The van der Waals surface area contributed by atoms with Gasteiger partial charge in [-0.05, 0) is 63.5 Å². The van der Waals surface area contributed by atoms with Gasteiger partial charge in [-0.15, -0.1) is 23.5 Å². The van der Waals surface area contributed by atoms with Gasteiger partial charge in [0.25, 0.3) is 0 Å². The molecule has 4 aromatic carbocycles. The van der Waals surface area contributed by atoms with Crippen LogP contribution in [0.1, 0.15) is 22.8 Å². The fraction of sp³-hybridized carbons (Fsp3) is 0.206. The molecule has 2 amide bonds. The number of amides is 2. The van der Waals surface area contributed by atoms with Crippen molar-refractivity contribution in [3.63, 3.8) is 0 Å². The zero-order valence-corrected chi connectivity index (χ0v) is 26.9. The maximum absolute atomic E-state index is 14.3. The molecule has 0 spiro atoms. The molecule has 0 aliphatic carbocycles. The van der Waals surface area contributed by atoms with Crippen LogP contribution in [-0.2, 0) is 25.5 Å². The third-order valence-corrected chi connectivity index (χ3v) is 11.3. The second-order valence-corrected chi connectivity index (χ2v) is 14.3. The van der Waals surface area contributed by atoms with Gasteiger partial charge in [-0.1, -0.05) is 91.0 Å². The molecule has 4 aromatic rings. The highest BCUT2D eigenvalue weighted by Gasteiger charge is 2.58. The number of hydrogen-bond acceptors (Lipinski definition) is 6. The Hall–Kier alpha value is -3.28. The minimum absolute atomic E-state index is 0.179. The van der Waals surface area contributed by atoms with E-state index in [4.69, 9.17) is 4.74 Å². The van der Waals surface area contributed by atoms with Gasteiger partial charge < -0.3 is 15.0 Å². The number of fused-ring (bicyclic) bond motifs is 1. The number of thioether (sulfide) groups is 2. The van der Waals surface area contributed by atoms with E-state index >= 15 is 0 Å². The summed E-state index contributed by atoms with van der Waals surface area (Å²) in [6.07, 6.45) is -0.384. The van der Waals surface area contributed by atoms with Gasteiger partial charge in [0, 0.05) is 20.8 Å². The molecule has 0 bridgehead atoms. The molecule has 9 heteroatoms. The van der Waals surface area contributed by atoms with Crippen LogP contribution in [0, 0.1) is 3.57 Å². The highest BCUT2D eigenvalue weighted by atomic mass is 127. The molecule has 2 aliphatic heterocycles. The predicted octanol–water partition coefficient (Wildman–Crippen LogP) is 6.10. The van der Waals surface area contributed by atoms with E-state index < -0.39 is 16.9 Å². The Morgan fingerprint density at radius 2 is 1.49 bits per heavy atom. The third-order valence-electron chi connectivity index (χ3n) is 7.51. The minimum Gasteiger partial charge on any atom is -0.451 e. The van der Waals surface area contributed by atoms with Gasteiger partial charge in [-0.2, -0.15) is 0 Å². The summed E-state index contributed by atoms with van der Waals surface area (Å²) in [5.74, 6) is -0.313. The van der Waals surface area contributed by atoms with Gasteiger partial charge >= 0.3 is 5.97 Å². The standard InChI is InChI=1S/C34H29IN2O4S2/c35-26-16-18-27(19-17-26)43-34(33(40)41-30(24-12-6-2-7-13-24)25-14-8-3-9-15-25)21-37-31(39)29(32(37)42-22-34)36-28(38)20-23-10-4-1-5-11-23/h1-19,29-30,32H,20-22H2,(H,36,38)/t29?,32-,34?/m1/s1. The summed E-state index contributed by atoms with van der Waals surface area (Å²) in [6.45, 7) is 0.195. The molecule has 6 nitrogen and oxygen atoms in total. The van der Waals surface area contributed by atoms with Gasteiger partial charge in [0.05, 0.1) is 6.42 Å². The number of esters is 1. The monoisotopic (exact) mass is 720 g/mol. The van der Waals surface area contributed by atoms with Crippen LogP contribution in [0.15, 0.2) is 120 Å². The lowest BCUT2D eigenvalue weighted by molar-refractivity contribution is -0.156. The number of benzene rings is 4. The third kappa shape index (κ3) is 6.63. The SMILES string of the molecule is O=C(Cc1ccccc1)NC1C(=O)N2CC(Sc3ccc(I)cc3)(C(=O)OC(c3ccccc3)c3ccccc3)CS[C@H]12. The normalized spacial score (nSPS) is 21.1. The predicted molar refractivity (Wildman–Crippen MR) is 179 cm³/mol. The summed E-state index contributed by atoms with van der Waals surface area (Å²) in [5, 5.41) is 2.69. The maximum Gasteiger partial charge on any atom is 0.326 e. The Bertz CT molecular complexity index is 1550. The molecule has 2 unspecified atom stereocenters. The topological polar surface area (TPSA) is 75.7 Å². The molecule has 1 N–H and O–H groups in total. The Balaban J connectivity index is 1.23. The van der Waals surface area contributed by atoms with Crippen molar-refractivity contribution in [3.05, 3.63) is 136 Å². The van der Waals surface area contributed by atoms with Gasteiger partial charge in [-0.3, -0.25) is 14.4 Å². The molecule has 43 heavy (non-hydrogen) atoms. The molecule has 3 atom stereocenters. The smallest absolute Gasteiger partial charge is 0.326 e. The summed E-state index contributed by atoms with van der Waals surface area (Å²) in [5.41, 5.74) is 2.64. The average Bonchev–Trinajstić information content (AvgIpc) is 3.04. The van der Waals surface area contributed by atoms with E-state index in [1.165, 1.54) is 23.5 Å². The van der Waals surface area contributed by atoms with E-state index in [-0.39, 0.29) is 36.1 Å². The first-order chi connectivity index (χ1) is 20.9. The van der Waals surface area contributed by atoms with Crippen LogP contribution in [0.2, 0.25) is 0 Å². The average molecular weight is 721 g/mol. The molecule has 2 aliphatic rings. The van der Waals surface area contributed by atoms with Crippen molar-refractivity contribution in [3.8, 4) is 0 Å². The van der Waals surface area contributed by atoms with E-state index in [0.29, 0.717) is 5.75 Å². The highest BCUT2D eigenvalue weighted by molar-refractivity contribution is 14.1. The number of nitrogens with zero attached hydrogens (tertiary/aromatic N) is 1. The summed E-state index contributed by atoms with van der Waals surface area (Å²) in [7, 11) is 0. The van der Waals surface area contributed by atoms with E-state index in [0.717, 1.165) is 25.2 Å². The van der Waals surface area contributed by atoms with E-state index in [1.807, 2.05) is 115 Å². The van der Waals surface area contributed by atoms with Crippen LogP contribution in [-0.4, -0.2) is 51.1 Å². The Morgan fingerprint density at radius 1 is 0.907 bits per heavy atom. The zero-order valence-electron chi connectivity index (χ0n) is 23.1. The van der Waals surface area contributed by atoms with Gasteiger partial charge in [-0.25, -0.2) is 0 Å². The fourth-order valence-corrected chi connectivity index (χ4v) is 8.55. The van der Waals surface area contributed by atoms with Crippen LogP contribution in [0.3, 0.4) is 0 Å². The van der Waals surface area contributed by atoms with Gasteiger partial charge in [0.2, 0.25) is 11.8 Å². The molecule has 0 saturated carbocycles. The number of carbonyl (C=O) groups excluding carboxylic acids is 3. The van der Waals surface area contributed by atoms with Crippen molar-refractivity contribution < 1.29 is 19.1 Å². The van der Waals surface area contributed by atoms with E-state index in [1.54, 1.807) is 4.90 Å². The molecule has 0 radical (unpaired) electrons. The fourth-order valence-electron chi connectivity index (χ4n) is 5.31. The summed E-state index contributed by atoms with van der Waals surface area (Å²) >= 11 is 5.21. The van der Waals surface area contributed by atoms with Crippen molar-refractivity contribution in [2.45, 2.75) is 33.6 Å². The van der Waals surface area contributed by atoms with Crippen LogP contribution in [0.5, 0.6) is 0 Å². The summed E-state index contributed by atoms with van der Waals surface area (Å²) in [6, 6.07) is 36.3. The second-order valence-electron chi connectivity index (χ2n) is 10.5. The zero-order chi connectivity index (χ0) is 29.8. The number of rotatable bonds is 9. The Morgan fingerprint density at radius 3 is 2.09 bits per heavy atom. The second kappa shape index (κ2) is 13.2. The van der Waals surface area contributed by atoms with E-state index in [2.05, 4.69) is 27.9 Å². The number of hydrogen-bond donors (Lipinski definition) is 1. The molecule has 218 valence electrons. The lowest BCUT2D eigenvalue weighted by Gasteiger charge is -2.54. The Labute approximate surface area is 273 Å². The Kier molecular flexibility index (Phi) is 9.11. The maximum atomic E-state index is 14.3. The van der Waals surface area contributed by atoms with Crippen LogP contribution >= 0.6 is 46.1 Å². The van der Waals surface area contributed by atoms with Gasteiger partial charge in [0.1, 0.15) is 16.2 Å². The summed E-state index contributed by atoms with van der Waals surface area (Å²) < 4.78 is 6.44. The molecule has 2 fully saturated rings. The van der Waals surface area contributed by atoms with Crippen molar-refractivity contribution in [1.29, 1.82) is 0 Å². The number of β-lactam (4-membered cyclic amide) rings is 1. The first kappa shape index (κ1) is 29.8. The molecular formula is C34H29IN2O4S2. The minimum atomic E-state index is -1.04. The summed E-state index contributed by atoms with van der Waals surface area (Å²) in [4.78, 5) is 43.1. The first-order valence-corrected chi connectivity index (χ1v) is 16.9. The molecular weight excluding hydrogens is 691 g/mol. The lowest BCUT2D eigenvalue weighted by Crippen LogP contribution is -2.74. The lowest BCUT2D eigenvalue weighted by atomic mass is 9.99. The number of nitrogens with one attached hydrogen (secondary N) is 1. The largest absolute Gasteiger partial charge is 0.451 e. The van der Waals surface area contributed by atoms with Crippen LogP contribution < -0.4 is 5.32 Å². The molecule has 2 heterocycles. The molecule has 6 rings (SSSR count). The first-order valence-electron chi connectivity index (χ1n) is 13.9. The van der Waals surface area contributed by atoms with Crippen molar-refractivity contribution >= 4 is 63.9 Å². The quantitative estimate of drug-likeness (QED) is 0.128. The molecule has 0 aromatic heterocycles. The van der Waals surface area contributed by atoms with Crippen LogP contribution in [0.25, 0.3) is 0 Å². The van der Waals surface area contributed by atoms with Crippen molar-refractivity contribution in [1.82, 2.24) is 10.2 Å². The number of carbonyl (C=O) groups is 3. The van der Waals surface area contributed by atoms with E-state index in [9.17, 15) is 14.4 Å².